The van der Waals surface area contributed by atoms with E-state index in [9.17, 15) is 4.79 Å². The number of nitrogens with one attached hydrogen (secondary N) is 1. The lowest BCUT2D eigenvalue weighted by Crippen LogP contribution is -2.16. The predicted molar refractivity (Wildman–Crippen MR) is 147 cm³/mol. The molecule has 3 aromatic carbocycles. The third-order valence-electron chi connectivity index (χ3n) is 4.84. The van der Waals surface area contributed by atoms with Gasteiger partial charge >= 0.3 is 0 Å². The number of methoxy groups -OCH3 is 1. The summed E-state index contributed by atoms with van der Waals surface area (Å²) in [7, 11) is 5.77. The summed E-state index contributed by atoms with van der Waals surface area (Å²) >= 11 is 0. The number of hydrogen-bond donors (Lipinski definition) is 1. The topological polar surface area (TPSA) is 41.6 Å². The van der Waals surface area contributed by atoms with Gasteiger partial charge in [-0.3, -0.25) is 4.79 Å². The van der Waals surface area contributed by atoms with Crippen molar-refractivity contribution in [3.63, 3.8) is 0 Å². The van der Waals surface area contributed by atoms with Gasteiger partial charge in [0, 0.05) is 19.3 Å². The van der Waals surface area contributed by atoms with Crippen molar-refractivity contribution in [2.24, 2.45) is 0 Å². The van der Waals surface area contributed by atoms with Crippen molar-refractivity contribution in [2.45, 2.75) is 27.2 Å². The Balaban J connectivity index is 0.000000553. The SMILES string of the molecule is CC.CCC(=C(C(=O)Nc1ccccc1)c1ccccc1)c1ccccc1.COCCN(C)C. The summed E-state index contributed by atoms with van der Waals surface area (Å²) in [4.78, 5) is 15.2. The van der Waals surface area contributed by atoms with Gasteiger partial charge < -0.3 is 15.0 Å². The van der Waals surface area contributed by atoms with Crippen molar-refractivity contribution in [1.82, 2.24) is 4.90 Å². The summed E-state index contributed by atoms with van der Waals surface area (Å²) in [6, 6.07) is 29.5. The van der Waals surface area contributed by atoms with E-state index in [1.54, 1.807) is 7.11 Å². The first-order valence-corrected chi connectivity index (χ1v) is 11.9. The van der Waals surface area contributed by atoms with Gasteiger partial charge in [0.25, 0.3) is 5.91 Å². The number of carbonyl (C=O) groups is 1. The standard InChI is InChI=1S/C23H21NO.C5H13NO.C2H6/c1-2-21(18-12-6-3-7-13-18)22(19-14-8-4-9-15-19)23(25)24-20-16-10-5-11-17-20;1-6(2)4-5-7-3;1-2/h3-17H,2H2,1H3,(H,24,25);4-5H2,1-3H3;1-2H3. The molecule has 0 saturated carbocycles. The minimum atomic E-state index is -0.0851. The van der Waals surface area contributed by atoms with Gasteiger partial charge in [-0.25, -0.2) is 0 Å². The Labute approximate surface area is 206 Å². The second kappa shape index (κ2) is 17.3. The van der Waals surface area contributed by atoms with Gasteiger partial charge in [-0.05, 0) is 49.3 Å². The fourth-order valence-electron chi connectivity index (χ4n) is 3.20. The van der Waals surface area contributed by atoms with Crippen molar-refractivity contribution in [2.75, 3.05) is 39.7 Å². The van der Waals surface area contributed by atoms with E-state index in [4.69, 9.17) is 4.74 Å². The molecule has 0 bridgehead atoms. The molecule has 182 valence electrons. The predicted octanol–water partition coefficient (Wildman–Crippen LogP) is 6.87. The number of rotatable bonds is 8. The molecule has 1 N–H and O–H groups in total. The fourth-order valence-corrected chi connectivity index (χ4v) is 3.20. The second-order valence-corrected chi connectivity index (χ2v) is 7.56. The Morgan fingerprint density at radius 3 is 1.68 bits per heavy atom. The van der Waals surface area contributed by atoms with Crippen LogP contribution in [0.4, 0.5) is 5.69 Å². The highest BCUT2D eigenvalue weighted by molar-refractivity contribution is 6.31. The van der Waals surface area contributed by atoms with Crippen LogP contribution in [0.1, 0.15) is 38.3 Å². The van der Waals surface area contributed by atoms with Gasteiger partial charge in [0.1, 0.15) is 0 Å². The fraction of sp³-hybridized carbons (Fsp3) is 0.300. The summed E-state index contributed by atoms with van der Waals surface area (Å²) in [6.07, 6.45) is 0.774. The number of anilines is 1. The second-order valence-electron chi connectivity index (χ2n) is 7.56. The Bertz CT molecular complexity index is 953. The lowest BCUT2D eigenvalue weighted by Gasteiger charge is -2.15. The molecular formula is C30H40N2O2. The molecule has 0 saturated heterocycles. The van der Waals surface area contributed by atoms with E-state index in [2.05, 4.69) is 29.3 Å². The Morgan fingerprint density at radius 2 is 1.26 bits per heavy atom. The van der Waals surface area contributed by atoms with Gasteiger partial charge in [-0.15, -0.1) is 0 Å². The van der Waals surface area contributed by atoms with Gasteiger partial charge in [0.2, 0.25) is 0 Å². The van der Waals surface area contributed by atoms with Gasteiger partial charge in [0.05, 0.1) is 12.2 Å². The van der Waals surface area contributed by atoms with E-state index in [1.165, 1.54) is 0 Å². The van der Waals surface area contributed by atoms with Crippen LogP contribution < -0.4 is 5.32 Å². The van der Waals surface area contributed by atoms with Gasteiger partial charge in [-0.2, -0.15) is 0 Å². The molecule has 0 heterocycles. The summed E-state index contributed by atoms with van der Waals surface area (Å²) in [5.41, 5.74) is 4.56. The number of amides is 1. The molecule has 0 unspecified atom stereocenters. The van der Waals surface area contributed by atoms with Crippen molar-refractivity contribution in [3.8, 4) is 0 Å². The van der Waals surface area contributed by atoms with Crippen LogP contribution >= 0.6 is 0 Å². The molecule has 0 radical (unpaired) electrons. The average Bonchev–Trinajstić information content (AvgIpc) is 2.89. The summed E-state index contributed by atoms with van der Waals surface area (Å²) in [5, 5.41) is 3.03. The maximum atomic E-state index is 13.1. The molecule has 0 fully saturated rings. The van der Waals surface area contributed by atoms with Crippen molar-refractivity contribution >= 4 is 22.7 Å². The number of hydrogen-bond acceptors (Lipinski definition) is 3. The molecule has 34 heavy (non-hydrogen) atoms. The maximum Gasteiger partial charge on any atom is 0.256 e. The van der Waals surface area contributed by atoms with Crippen molar-refractivity contribution in [1.29, 1.82) is 0 Å². The zero-order chi connectivity index (χ0) is 25.2. The van der Waals surface area contributed by atoms with Crippen LogP contribution in [0, 0.1) is 0 Å². The summed E-state index contributed by atoms with van der Waals surface area (Å²) < 4.78 is 4.81. The number of benzene rings is 3. The Kier molecular flexibility index (Phi) is 14.7. The molecule has 4 nitrogen and oxygen atoms in total. The molecule has 3 rings (SSSR count). The van der Waals surface area contributed by atoms with E-state index in [-0.39, 0.29) is 5.91 Å². The first-order chi connectivity index (χ1) is 16.6. The number of likely N-dealkylation sites (N-methyl/N-ethyl adjacent to an activating group) is 1. The molecule has 1 amide bonds. The van der Waals surface area contributed by atoms with Crippen LogP contribution in [-0.2, 0) is 9.53 Å². The lowest BCUT2D eigenvalue weighted by molar-refractivity contribution is -0.111. The quantitative estimate of drug-likeness (QED) is 0.295. The average molecular weight is 461 g/mol. The molecular weight excluding hydrogens is 420 g/mol. The van der Waals surface area contributed by atoms with Crippen LogP contribution in [0.5, 0.6) is 0 Å². The highest BCUT2D eigenvalue weighted by atomic mass is 16.5. The number of allylic oxidation sites excluding steroid dienone is 1. The normalized spacial score (nSPS) is 10.8. The minimum Gasteiger partial charge on any atom is -0.383 e. The first-order valence-electron chi connectivity index (χ1n) is 11.9. The maximum absolute atomic E-state index is 13.1. The minimum absolute atomic E-state index is 0.0851. The molecule has 4 heteroatoms. The van der Waals surface area contributed by atoms with E-state index >= 15 is 0 Å². The molecule has 3 aromatic rings. The number of carbonyl (C=O) groups excluding carboxylic acids is 1. The van der Waals surface area contributed by atoms with Crippen LogP contribution in [0.15, 0.2) is 91.0 Å². The zero-order valence-corrected chi connectivity index (χ0v) is 21.5. The third-order valence-corrected chi connectivity index (χ3v) is 4.84. The smallest absolute Gasteiger partial charge is 0.256 e. The van der Waals surface area contributed by atoms with Crippen LogP contribution in [-0.4, -0.2) is 45.2 Å². The summed E-state index contributed by atoms with van der Waals surface area (Å²) in [5.74, 6) is -0.0851. The van der Waals surface area contributed by atoms with Gasteiger partial charge in [0.15, 0.2) is 0 Å². The number of nitrogens with zero attached hydrogens (tertiary/aromatic N) is 1. The van der Waals surface area contributed by atoms with Crippen LogP contribution in [0.25, 0.3) is 11.1 Å². The number of para-hydroxylation sites is 1. The van der Waals surface area contributed by atoms with E-state index in [0.29, 0.717) is 0 Å². The number of ether oxygens (including phenoxy) is 1. The first kappa shape index (κ1) is 28.8. The summed E-state index contributed by atoms with van der Waals surface area (Å²) in [6.45, 7) is 7.92. The highest BCUT2D eigenvalue weighted by Gasteiger charge is 2.18. The van der Waals surface area contributed by atoms with E-state index in [1.807, 2.05) is 107 Å². The Morgan fingerprint density at radius 1 is 0.794 bits per heavy atom. The van der Waals surface area contributed by atoms with Crippen LogP contribution in [0.3, 0.4) is 0 Å². The molecule has 0 aromatic heterocycles. The lowest BCUT2D eigenvalue weighted by atomic mass is 9.92. The highest BCUT2D eigenvalue weighted by Crippen LogP contribution is 2.30. The molecule has 0 spiro atoms. The monoisotopic (exact) mass is 460 g/mol. The van der Waals surface area contributed by atoms with Crippen molar-refractivity contribution < 1.29 is 9.53 Å². The van der Waals surface area contributed by atoms with E-state index in [0.717, 1.165) is 47.5 Å². The largest absolute Gasteiger partial charge is 0.383 e. The zero-order valence-electron chi connectivity index (χ0n) is 21.5. The molecule has 0 atom stereocenters. The van der Waals surface area contributed by atoms with Crippen molar-refractivity contribution in [3.05, 3.63) is 102 Å². The molecule has 0 aliphatic rings. The van der Waals surface area contributed by atoms with E-state index < -0.39 is 0 Å². The van der Waals surface area contributed by atoms with Crippen LogP contribution in [0.2, 0.25) is 0 Å². The molecule has 0 aliphatic carbocycles. The third kappa shape index (κ3) is 10.2. The van der Waals surface area contributed by atoms with Gasteiger partial charge in [-0.1, -0.05) is 99.6 Å². The Hall–Kier alpha value is -3.21. The molecule has 0 aliphatic heterocycles.